The maximum Gasteiger partial charge on any atom is 0.238 e. The summed E-state index contributed by atoms with van der Waals surface area (Å²) in [6.07, 6.45) is 4.86. The number of anilines is 1. The highest BCUT2D eigenvalue weighted by Gasteiger charge is 2.35. The molecule has 2 bridgehead atoms. The lowest BCUT2D eigenvalue weighted by Crippen LogP contribution is -2.48. The number of piperidine rings is 1. The molecule has 22 heavy (non-hydrogen) atoms. The third-order valence-corrected chi connectivity index (χ3v) is 4.81. The topological polar surface area (TPSA) is 44.4 Å². The number of rotatable bonds is 4. The van der Waals surface area contributed by atoms with Crippen LogP contribution in [0.3, 0.4) is 0 Å². The molecule has 2 N–H and O–H groups in total. The summed E-state index contributed by atoms with van der Waals surface area (Å²) in [5.74, 6) is 0.0191. The van der Waals surface area contributed by atoms with E-state index in [9.17, 15) is 4.79 Å². The van der Waals surface area contributed by atoms with Crippen LogP contribution in [0.1, 0.15) is 25.7 Å². The van der Waals surface area contributed by atoms with Crippen LogP contribution in [-0.4, -0.2) is 42.5 Å². The van der Waals surface area contributed by atoms with E-state index in [1.807, 2.05) is 19.2 Å². The monoisotopic (exact) mass is 343 g/mol. The molecule has 0 aliphatic carbocycles. The van der Waals surface area contributed by atoms with Crippen molar-refractivity contribution in [2.24, 2.45) is 0 Å². The second kappa shape index (κ2) is 7.64. The standard InChI is InChI=1S/C16H22ClN3O.ClH/c1-20(15-8-13-5-6-14(9-15)18-13)10-16(21)19-12-4-2-3-11(17)7-12;/h2-4,7,13-15,18H,5-6,8-10H2,1H3,(H,19,21);1H. The van der Waals surface area contributed by atoms with E-state index >= 15 is 0 Å². The zero-order valence-electron chi connectivity index (χ0n) is 12.7. The van der Waals surface area contributed by atoms with Crippen molar-refractivity contribution in [3.63, 3.8) is 0 Å². The van der Waals surface area contributed by atoms with Crippen molar-refractivity contribution >= 4 is 35.6 Å². The number of fused-ring (bicyclic) bond motifs is 2. The van der Waals surface area contributed by atoms with Crippen molar-refractivity contribution in [3.8, 4) is 0 Å². The fraction of sp³-hybridized carbons (Fsp3) is 0.562. The van der Waals surface area contributed by atoms with Crippen molar-refractivity contribution in [3.05, 3.63) is 29.3 Å². The van der Waals surface area contributed by atoms with Crippen molar-refractivity contribution in [1.29, 1.82) is 0 Å². The number of carbonyl (C=O) groups is 1. The normalized spacial score (nSPS) is 26.6. The first-order valence-electron chi connectivity index (χ1n) is 7.62. The molecular weight excluding hydrogens is 321 g/mol. The summed E-state index contributed by atoms with van der Waals surface area (Å²) < 4.78 is 0. The summed E-state index contributed by atoms with van der Waals surface area (Å²) in [6.45, 7) is 0.427. The van der Waals surface area contributed by atoms with Gasteiger partial charge >= 0.3 is 0 Å². The van der Waals surface area contributed by atoms with Crippen molar-refractivity contribution in [2.75, 3.05) is 18.9 Å². The van der Waals surface area contributed by atoms with Gasteiger partial charge in [0.2, 0.25) is 5.91 Å². The van der Waals surface area contributed by atoms with E-state index in [0.717, 1.165) is 18.5 Å². The van der Waals surface area contributed by atoms with Crippen LogP contribution in [0.15, 0.2) is 24.3 Å². The minimum Gasteiger partial charge on any atom is -0.325 e. The first kappa shape index (κ1) is 17.5. The Morgan fingerprint density at radius 1 is 1.36 bits per heavy atom. The Morgan fingerprint density at radius 2 is 2.05 bits per heavy atom. The number of nitrogens with one attached hydrogen (secondary N) is 2. The maximum atomic E-state index is 12.1. The van der Waals surface area contributed by atoms with Crippen LogP contribution in [0.2, 0.25) is 5.02 Å². The largest absolute Gasteiger partial charge is 0.325 e. The number of benzene rings is 1. The average Bonchev–Trinajstić information content (AvgIpc) is 2.77. The molecule has 3 rings (SSSR count). The van der Waals surface area contributed by atoms with Gasteiger partial charge in [-0.2, -0.15) is 0 Å². The van der Waals surface area contributed by atoms with E-state index in [1.54, 1.807) is 12.1 Å². The minimum atomic E-state index is 0. The molecule has 4 nitrogen and oxygen atoms in total. The van der Waals surface area contributed by atoms with Crippen LogP contribution in [0.5, 0.6) is 0 Å². The molecule has 122 valence electrons. The van der Waals surface area contributed by atoms with Crippen LogP contribution in [0.4, 0.5) is 5.69 Å². The molecule has 2 saturated heterocycles. The number of hydrogen-bond donors (Lipinski definition) is 2. The summed E-state index contributed by atoms with van der Waals surface area (Å²) in [5, 5.41) is 7.18. The van der Waals surface area contributed by atoms with Crippen molar-refractivity contribution < 1.29 is 4.79 Å². The lowest BCUT2D eigenvalue weighted by molar-refractivity contribution is -0.117. The lowest BCUT2D eigenvalue weighted by atomic mass is 9.98. The molecule has 2 aliphatic heterocycles. The Bertz CT molecular complexity index is 514. The molecule has 0 spiro atoms. The molecule has 2 unspecified atom stereocenters. The van der Waals surface area contributed by atoms with Crippen LogP contribution < -0.4 is 10.6 Å². The number of carbonyl (C=O) groups excluding carboxylic acids is 1. The van der Waals surface area contributed by atoms with Gasteiger partial charge in [0.15, 0.2) is 0 Å². The van der Waals surface area contributed by atoms with Gasteiger partial charge in [0.1, 0.15) is 0 Å². The van der Waals surface area contributed by atoms with Gasteiger partial charge in [0, 0.05) is 28.8 Å². The summed E-state index contributed by atoms with van der Waals surface area (Å²) >= 11 is 5.93. The van der Waals surface area contributed by atoms with Crippen LogP contribution in [-0.2, 0) is 4.79 Å². The Hall–Kier alpha value is -0.810. The molecule has 1 aromatic carbocycles. The number of amides is 1. The molecular formula is C16H23Cl2N3O. The predicted octanol–water partition coefficient (Wildman–Crippen LogP) is 2.92. The molecule has 0 aromatic heterocycles. The number of hydrogen-bond acceptors (Lipinski definition) is 3. The quantitative estimate of drug-likeness (QED) is 0.883. The van der Waals surface area contributed by atoms with Gasteiger partial charge in [-0.05, 0) is 50.9 Å². The van der Waals surface area contributed by atoms with Gasteiger partial charge < -0.3 is 10.6 Å². The third-order valence-electron chi connectivity index (χ3n) is 4.57. The van der Waals surface area contributed by atoms with E-state index in [4.69, 9.17) is 11.6 Å². The smallest absolute Gasteiger partial charge is 0.238 e. The fourth-order valence-electron chi connectivity index (χ4n) is 3.51. The molecule has 2 heterocycles. The van der Waals surface area contributed by atoms with E-state index in [2.05, 4.69) is 15.5 Å². The predicted molar refractivity (Wildman–Crippen MR) is 92.9 cm³/mol. The van der Waals surface area contributed by atoms with Crippen LogP contribution >= 0.6 is 24.0 Å². The number of nitrogens with zero attached hydrogens (tertiary/aromatic N) is 1. The van der Waals surface area contributed by atoms with Crippen LogP contribution in [0.25, 0.3) is 0 Å². The molecule has 6 heteroatoms. The SMILES string of the molecule is CN(CC(=O)Nc1cccc(Cl)c1)C1CC2CCC(C1)N2.Cl. The second-order valence-corrected chi connectivity index (χ2v) is 6.67. The van der Waals surface area contributed by atoms with Gasteiger partial charge in [-0.3, -0.25) is 9.69 Å². The van der Waals surface area contributed by atoms with Gasteiger partial charge in [0.05, 0.1) is 6.54 Å². The summed E-state index contributed by atoms with van der Waals surface area (Å²) in [6, 6.07) is 9.06. The van der Waals surface area contributed by atoms with E-state index in [1.165, 1.54) is 12.8 Å². The van der Waals surface area contributed by atoms with E-state index in [0.29, 0.717) is 29.7 Å². The lowest BCUT2D eigenvalue weighted by Gasteiger charge is -2.35. The number of likely N-dealkylation sites (N-methyl/N-ethyl adjacent to an activating group) is 1. The molecule has 2 atom stereocenters. The Labute approximate surface area is 143 Å². The van der Waals surface area contributed by atoms with E-state index < -0.39 is 0 Å². The molecule has 1 aromatic rings. The Morgan fingerprint density at radius 3 is 2.68 bits per heavy atom. The van der Waals surface area contributed by atoms with Crippen molar-refractivity contribution in [2.45, 2.75) is 43.8 Å². The molecule has 0 saturated carbocycles. The molecule has 2 fully saturated rings. The first-order chi connectivity index (χ1) is 10.1. The van der Waals surface area contributed by atoms with Crippen molar-refractivity contribution in [1.82, 2.24) is 10.2 Å². The highest BCUT2D eigenvalue weighted by molar-refractivity contribution is 6.30. The van der Waals surface area contributed by atoms with Crippen LogP contribution in [0, 0.1) is 0 Å². The summed E-state index contributed by atoms with van der Waals surface area (Å²) in [4.78, 5) is 14.3. The number of halogens is 2. The second-order valence-electron chi connectivity index (χ2n) is 6.24. The van der Waals surface area contributed by atoms with Gasteiger partial charge in [-0.15, -0.1) is 12.4 Å². The summed E-state index contributed by atoms with van der Waals surface area (Å²) in [7, 11) is 2.05. The highest BCUT2D eigenvalue weighted by Crippen LogP contribution is 2.29. The Kier molecular flexibility index (Phi) is 6.09. The molecule has 0 radical (unpaired) electrons. The maximum absolute atomic E-state index is 12.1. The zero-order valence-corrected chi connectivity index (χ0v) is 14.3. The van der Waals surface area contributed by atoms with Gasteiger partial charge in [-0.25, -0.2) is 0 Å². The third kappa shape index (κ3) is 4.35. The molecule has 2 aliphatic rings. The summed E-state index contributed by atoms with van der Waals surface area (Å²) in [5.41, 5.74) is 0.756. The average molecular weight is 344 g/mol. The van der Waals surface area contributed by atoms with Gasteiger partial charge in [0.25, 0.3) is 0 Å². The minimum absolute atomic E-state index is 0. The van der Waals surface area contributed by atoms with E-state index in [-0.39, 0.29) is 18.3 Å². The van der Waals surface area contributed by atoms with Gasteiger partial charge in [-0.1, -0.05) is 17.7 Å². The Balaban J connectivity index is 0.00000176. The first-order valence-corrected chi connectivity index (χ1v) is 7.99. The molecule has 1 amide bonds. The fourth-order valence-corrected chi connectivity index (χ4v) is 3.70. The highest BCUT2D eigenvalue weighted by atomic mass is 35.5. The zero-order chi connectivity index (χ0) is 14.8.